The average molecular weight is 410 g/mol. The number of hydrogen-bond acceptors (Lipinski definition) is 5. The van der Waals surface area contributed by atoms with Crippen molar-refractivity contribution in [2.45, 2.75) is 6.61 Å². The molecule has 0 saturated carbocycles. The molecule has 0 aliphatic carbocycles. The van der Waals surface area contributed by atoms with E-state index in [2.05, 4.69) is 10.3 Å². The maximum atomic E-state index is 13.1. The fourth-order valence-electron chi connectivity index (χ4n) is 3.28. The molecule has 0 bridgehead atoms. The summed E-state index contributed by atoms with van der Waals surface area (Å²) in [6, 6.07) is 15.7. The standard InChI is InChI=1S/C21H23N4O3P/c1-22-20-7-6-16(15-27-29(26,24-8-9-24)25-10-11-25)12-21(20)28-18-13-17-4-2-3-5-19(17)23-14-18/h2-7,12-14,22H,8-11,15H2,1H3. The summed E-state index contributed by atoms with van der Waals surface area (Å²) in [6.45, 7) is 3.65. The Kier molecular flexibility index (Phi) is 4.76. The smallest absolute Gasteiger partial charge is 0.346 e. The van der Waals surface area contributed by atoms with E-state index < -0.39 is 7.67 Å². The van der Waals surface area contributed by atoms with Crippen LogP contribution in [0, 0.1) is 0 Å². The second-order valence-electron chi connectivity index (χ2n) is 7.22. The van der Waals surface area contributed by atoms with Gasteiger partial charge in [0, 0.05) is 38.6 Å². The maximum Gasteiger partial charge on any atom is 0.346 e. The first-order valence-corrected chi connectivity index (χ1v) is 11.3. The summed E-state index contributed by atoms with van der Waals surface area (Å²) >= 11 is 0. The lowest BCUT2D eigenvalue weighted by Gasteiger charge is -2.20. The van der Waals surface area contributed by atoms with Gasteiger partial charge in [-0.25, -0.2) is 9.34 Å². The topological polar surface area (TPSA) is 66.5 Å². The molecule has 8 heteroatoms. The maximum absolute atomic E-state index is 13.1. The molecule has 1 aromatic heterocycles. The zero-order valence-corrected chi connectivity index (χ0v) is 17.1. The largest absolute Gasteiger partial charge is 0.454 e. The Morgan fingerprint density at radius 2 is 1.83 bits per heavy atom. The Balaban J connectivity index is 1.36. The lowest BCUT2D eigenvalue weighted by Crippen LogP contribution is -2.08. The minimum atomic E-state index is -2.83. The van der Waals surface area contributed by atoms with Crippen molar-refractivity contribution in [1.29, 1.82) is 0 Å². The first-order chi connectivity index (χ1) is 14.2. The average Bonchev–Trinajstić information content (AvgIpc) is 3.64. The van der Waals surface area contributed by atoms with Gasteiger partial charge >= 0.3 is 7.67 Å². The molecule has 0 spiro atoms. The molecular formula is C21H23N4O3P. The third-order valence-corrected chi connectivity index (χ3v) is 7.77. The number of fused-ring (bicyclic) bond motifs is 1. The summed E-state index contributed by atoms with van der Waals surface area (Å²) in [5, 5.41) is 4.17. The predicted molar refractivity (Wildman–Crippen MR) is 113 cm³/mol. The van der Waals surface area contributed by atoms with Crippen LogP contribution in [0.2, 0.25) is 0 Å². The highest BCUT2D eigenvalue weighted by Gasteiger charge is 2.49. The van der Waals surface area contributed by atoms with Crippen molar-refractivity contribution in [3.8, 4) is 11.5 Å². The second kappa shape index (κ2) is 7.43. The molecule has 0 atom stereocenters. The summed E-state index contributed by atoms with van der Waals surface area (Å²) in [6.07, 6.45) is 1.72. The van der Waals surface area contributed by atoms with Crippen LogP contribution in [0.5, 0.6) is 11.5 Å². The van der Waals surface area contributed by atoms with Gasteiger partial charge in [0.05, 0.1) is 24.0 Å². The zero-order chi connectivity index (χ0) is 19.8. The molecule has 1 N–H and O–H groups in total. The molecule has 29 heavy (non-hydrogen) atoms. The molecule has 5 rings (SSSR count). The quantitative estimate of drug-likeness (QED) is 0.438. The number of nitrogens with one attached hydrogen (secondary N) is 1. The van der Waals surface area contributed by atoms with Crippen molar-refractivity contribution in [2.24, 2.45) is 0 Å². The summed E-state index contributed by atoms with van der Waals surface area (Å²) < 4.78 is 29.0. The van der Waals surface area contributed by atoms with Crippen molar-refractivity contribution >= 4 is 24.3 Å². The van der Waals surface area contributed by atoms with Crippen LogP contribution in [0.1, 0.15) is 5.56 Å². The van der Waals surface area contributed by atoms with E-state index in [1.807, 2.05) is 64.9 Å². The molecule has 2 aliphatic heterocycles. The van der Waals surface area contributed by atoms with Crippen molar-refractivity contribution in [3.05, 3.63) is 60.3 Å². The number of ether oxygens (including phenoxy) is 1. The highest BCUT2D eigenvalue weighted by molar-refractivity contribution is 7.54. The predicted octanol–water partition coefficient (Wildman–Crippen LogP) is 4.32. The number of anilines is 1. The van der Waals surface area contributed by atoms with E-state index in [1.165, 1.54) is 0 Å². The molecule has 7 nitrogen and oxygen atoms in total. The van der Waals surface area contributed by atoms with Crippen LogP contribution in [-0.4, -0.2) is 47.6 Å². The fourth-order valence-corrected chi connectivity index (χ4v) is 5.47. The number of rotatable bonds is 8. The van der Waals surface area contributed by atoms with E-state index in [1.54, 1.807) is 6.20 Å². The molecule has 0 radical (unpaired) electrons. The van der Waals surface area contributed by atoms with Crippen molar-refractivity contribution in [1.82, 2.24) is 14.3 Å². The van der Waals surface area contributed by atoms with Gasteiger partial charge in [-0.3, -0.25) is 9.55 Å². The number of aromatic nitrogens is 1. The Morgan fingerprint density at radius 3 is 2.55 bits per heavy atom. The van der Waals surface area contributed by atoms with Gasteiger partial charge in [-0.05, 0) is 29.8 Å². The van der Waals surface area contributed by atoms with Crippen LogP contribution in [0.4, 0.5) is 5.69 Å². The SMILES string of the molecule is CNc1ccc(COP(=O)(N2CC2)N2CC2)cc1Oc1cnc2ccccc2c1. The van der Waals surface area contributed by atoms with E-state index in [9.17, 15) is 4.57 Å². The lowest BCUT2D eigenvalue weighted by atomic mass is 10.2. The number of para-hydroxylation sites is 1. The number of benzene rings is 2. The molecular weight excluding hydrogens is 387 g/mol. The van der Waals surface area contributed by atoms with Gasteiger partial charge in [-0.1, -0.05) is 24.3 Å². The van der Waals surface area contributed by atoms with Crippen LogP contribution < -0.4 is 10.1 Å². The Hall–Kier alpha value is -2.44. The monoisotopic (exact) mass is 410 g/mol. The molecule has 3 heterocycles. The van der Waals surface area contributed by atoms with E-state index in [0.29, 0.717) is 11.5 Å². The van der Waals surface area contributed by atoms with E-state index in [0.717, 1.165) is 48.3 Å². The van der Waals surface area contributed by atoms with Crippen molar-refractivity contribution in [2.75, 3.05) is 38.5 Å². The van der Waals surface area contributed by atoms with Gasteiger partial charge in [-0.15, -0.1) is 0 Å². The highest BCUT2D eigenvalue weighted by Crippen LogP contribution is 2.61. The highest BCUT2D eigenvalue weighted by atomic mass is 31.2. The minimum absolute atomic E-state index is 0.278. The number of nitrogens with zero attached hydrogens (tertiary/aromatic N) is 3. The molecule has 2 aliphatic rings. The van der Waals surface area contributed by atoms with Gasteiger partial charge in [0.25, 0.3) is 0 Å². The van der Waals surface area contributed by atoms with E-state index >= 15 is 0 Å². The van der Waals surface area contributed by atoms with Gasteiger partial charge < -0.3 is 14.6 Å². The second-order valence-corrected chi connectivity index (χ2v) is 9.59. The molecule has 2 saturated heterocycles. The molecule has 3 aromatic rings. The molecule has 0 unspecified atom stereocenters. The van der Waals surface area contributed by atoms with Crippen LogP contribution in [0.15, 0.2) is 54.7 Å². The van der Waals surface area contributed by atoms with E-state index in [-0.39, 0.29) is 6.61 Å². The fraction of sp³-hybridized carbons (Fsp3) is 0.286. The Morgan fingerprint density at radius 1 is 1.07 bits per heavy atom. The van der Waals surface area contributed by atoms with Crippen LogP contribution in [0.3, 0.4) is 0 Å². The first-order valence-electron chi connectivity index (χ1n) is 9.74. The normalized spacial score (nSPS) is 16.7. The van der Waals surface area contributed by atoms with Crippen LogP contribution >= 0.6 is 7.67 Å². The summed E-state index contributed by atoms with van der Waals surface area (Å²) in [5.74, 6) is 1.34. The lowest BCUT2D eigenvalue weighted by molar-refractivity contribution is 0.263. The minimum Gasteiger partial charge on any atom is -0.454 e. The summed E-state index contributed by atoms with van der Waals surface area (Å²) in [4.78, 5) is 4.46. The van der Waals surface area contributed by atoms with Crippen molar-refractivity contribution < 1.29 is 13.8 Å². The third kappa shape index (κ3) is 3.87. The van der Waals surface area contributed by atoms with Gasteiger partial charge in [0.2, 0.25) is 0 Å². The number of hydrogen-bond donors (Lipinski definition) is 1. The zero-order valence-electron chi connectivity index (χ0n) is 16.2. The van der Waals surface area contributed by atoms with Gasteiger partial charge in [0.15, 0.2) is 5.75 Å². The molecule has 0 amide bonds. The first kappa shape index (κ1) is 18.6. The van der Waals surface area contributed by atoms with Crippen molar-refractivity contribution in [3.63, 3.8) is 0 Å². The van der Waals surface area contributed by atoms with E-state index in [4.69, 9.17) is 9.26 Å². The van der Waals surface area contributed by atoms with Gasteiger partial charge in [0.1, 0.15) is 5.75 Å². The number of pyridine rings is 1. The molecule has 2 aromatic carbocycles. The van der Waals surface area contributed by atoms with Crippen LogP contribution in [0.25, 0.3) is 10.9 Å². The third-order valence-electron chi connectivity index (χ3n) is 5.07. The summed E-state index contributed by atoms with van der Waals surface area (Å²) in [7, 11) is -0.981. The molecule has 150 valence electrons. The molecule has 2 fully saturated rings. The van der Waals surface area contributed by atoms with Gasteiger partial charge in [-0.2, -0.15) is 0 Å². The Labute approximate surface area is 169 Å². The Bertz CT molecular complexity index is 1080. The van der Waals surface area contributed by atoms with Crippen LogP contribution in [-0.2, 0) is 15.7 Å². The summed E-state index contributed by atoms with van der Waals surface area (Å²) in [5.41, 5.74) is 2.70.